The lowest BCUT2D eigenvalue weighted by atomic mass is 10.1. The SMILES string of the molecule is N#CCOc1cccc(-c2cc(Oc3ccccc3)nc(NS(=O)(=O)c3ccccc3)n2)c1. The summed E-state index contributed by atoms with van der Waals surface area (Å²) in [7, 11) is -3.91. The van der Waals surface area contributed by atoms with Gasteiger partial charge in [-0.25, -0.2) is 18.1 Å². The van der Waals surface area contributed by atoms with Crippen molar-refractivity contribution in [3.8, 4) is 34.7 Å². The van der Waals surface area contributed by atoms with E-state index in [-0.39, 0.29) is 23.3 Å². The van der Waals surface area contributed by atoms with Crippen LogP contribution in [-0.4, -0.2) is 25.0 Å². The Bertz CT molecular complexity index is 1390. The zero-order valence-corrected chi connectivity index (χ0v) is 18.1. The van der Waals surface area contributed by atoms with Crippen molar-refractivity contribution < 1.29 is 17.9 Å². The molecule has 0 spiro atoms. The molecule has 0 aliphatic carbocycles. The Morgan fingerprint density at radius 3 is 2.27 bits per heavy atom. The van der Waals surface area contributed by atoms with Crippen LogP contribution < -0.4 is 14.2 Å². The Morgan fingerprint density at radius 2 is 1.55 bits per heavy atom. The van der Waals surface area contributed by atoms with Gasteiger partial charge in [-0.2, -0.15) is 10.2 Å². The van der Waals surface area contributed by atoms with Crippen LogP contribution in [0.15, 0.2) is 95.9 Å². The molecule has 0 amide bonds. The number of rotatable bonds is 8. The fourth-order valence-corrected chi connectivity index (χ4v) is 3.88. The Balaban J connectivity index is 1.73. The summed E-state index contributed by atoms with van der Waals surface area (Å²) >= 11 is 0. The second-order valence-corrected chi connectivity index (χ2v) is 8.41. The highest BCUT2D eigenvalue weighted by molar-refractivity contribution is 7.92. The molecule has 0 fully saturated rings. The highest BCUT2D eigenvalue weighted by Crippen LogP contribution is 2.29. The van der Waals surface area contributed by atoms with Gasteiger partial charge < -0.3 is 9.47 Å². The monoisotopic (exact) mass is 458 g/mol. The minimum Gasteiger partial charge on any atom is -0.479 e. The molecular formula is C24H18N4O4S. The number of ether oxygens (including phenoxy) is 2. The number of benzene rings is 3. The van der Waals surface area contributed by atoms with Crippen LogP contribution >= 0.6 is 0 Å². The van der Waals surface area contributed by atoms with Crippen molar-refractivity contribution in [2.75, 3.05) is 11.3 Å². The second-order valence-electron chi connectivity index (χ2n) is 6.72. The van der Waals surface area contributed by atoms with E-state index in [1.165, 1.54) is 12.1 Å². The molecule has 0 aliphatic rings. The van der Waals surface area contributed by atoms with Crippen LogP contribution in [-0.2, 0) is 10.0 Å². The van der Waals surface area contributed by atoms with E-state index in [1.54, 1.807) is 60.7 Å². The quantitative estimate of drug-likeness (QED) is 0.409. The molecule has 0 saturated carbocycles. The molecule has 4 rings (SSSR count). The van der Waals surface area contributed by atoms with E-state index in [2.05, 4.69) is 14.7 Å². The van der Waals surface area contributed by atoms with Crippen molar-refractivity contribution in [1.82, 2.24) is 9.97 Å². The summed E-state index contributed by atoms with van der Waals surface area (Å²) in [6.07, 6.45) is 0. The number of para-hydroxylation sites is 1. The minimum absolute atomic E-state index is 0.0800. The third-order valence-corrected chi connectivity index (χ3v) is 5.72. The molecule has 0 saturated heterocycles. The molecule has 4 aromatic rings. The molecular weight excluding hydrogens is 440 g/mol. The van der Waals surface area contributed by atoms with Gasteiger partial charge >= 0.3 is 0 Å². The van der Waals surface area contributed by atoms with Gasteiger partial charge in [-0.15, -0.1) is 0 Å². The van der Waals surface area contributed by atoms with Gasteiger partial charge in [0.1, 0.15) is 17.6 Å². The third-order valence-electron chi connectivity index (χ3n) is 4.38. The number of sulfonamides is 1. The van der Waals surface area contributed by atoms with Crippen molar-refractivity contribution in [2.24, 2.45) is 0 Å². The molecule has 1 aromatic heterocycles. The molecule has 164 valence electrons. The Kier molecular flexibility index (Phi) is 6.48. The van der Waals surface area contributed by atoms with Gasteiger partial charge in [-0.05, 0) is 36.4 Å². The smallest absolute Gasteiger partial charge is 0.264 e. The highest BCUT2D eigenvalue weighted by Gasteiger charge is 2.17. The zero-order chi connectivity index (χ0) is 23.1. The van der Waals surface area contributed by atoms with Crippen LogP contribution in [0.4, 0.5) is 5.95 Å². The highest BCUT2D eigenvalue weighted by atomic mass is 32.2. The fraction of sp³-hybridized carbons (Fsp3) is 0.0417. The predicted octanol–water partition coefficient (Wildman–Crippen LogP) is 4.64. The van der Waals surface area contributed by atoms with Gasteiger partial charge in [0, 0.05) is 11.6 Å². The van der Waals surface area contributed by atoms with Crippen molar-refractivity contribution >= 4 is 16.0 Å². The molecule has 33 heavy (non-hydrogen) atoms. The van der Waals surface area contributed by atoms with E-state index < -0.39 is 10.0 Å². The van der Waals surface area contributed by atoms with Crippen molar-refractivity contribution in [3.63, 3.8) is 0 Å². The maximum absolute atomic E-state index is 12.8. The summed E-state index contributed by atoms with van der Waals surface area (Å²) in [5.41, 5.74) is 1.04. The van der Waals surface area contributed by atoms with E-state index in [9.17, 15) is 8.42 Å². The molecule has 0 atom stereocenters. The molecule has 3 aromatic carbocycles. The molecule has 0 bridgehead atoms. The maximum atomic E-state index is 12.8. The van der Waals surface area contributed by atoms with Crippen LogP contribution in [0, 0.1) is 11.3 Å². The lowest BCUT2D eigenvalue weighted by Crippen LogP contribution is -2.15. The minimum atomic E-state index is -3.91. The molecule has 0 unspecified atom stereocenters. The van der Waals surface area contributed by atoms with Crippen molar-refractivity contribution in [2.45, 2.75) is 4.90 Å². The first-order valence-corrected chi connectivity index (χ1v) is 11.3. The predicted molar refractivity (Wildman–Crippen MR) is 122 cm³/mol. The molecule has 0 radical (unpaired) electrons. The summed E-state index contributed by atoms with van der Waals surface area (Å²) < 4.78 is 39.2. The van der Waals surface area contributed by atoms with E-state index in [4.69, 9.17) is 14.7 Å². The van der Waals surface area contributed by atoms with Gasteiger partial charge in [-0.3, -0.25) is 0 Å². The van der Waals surface area contributed by atoms with E-state index in [1.807, 2.05) is 24.3 Å². The van der Waals surface area contributed by atoms with E-state index >= 15 is 0 Å². The lowest BCUT2D eigenvalue weighted by molar-refractivity contribution is 0.368. The summed E-state index contributed by atoms with van der Waals surface area (Å²) in [5.74, 6) is 1.01. The molecule has 0 aliphatic heterocycles. The number of anilines is 1. The van der Waals surface area contributed by atoms with Gasteiger partial charge in [0.2, 0.25) is 11.8 Å². The number of hydrogen-bond acceptors (Lipinski definition) is 7. The second kappa shape index (κ2) is 9.80. The lowest BCUT2D eigenvalue weighted by Gasteiger charge is -2.12. The third kappa shape index (κ3) is 5.64. The average molecular weight is 458 g/mol. The van der Waals surface area contributed by atoms with Crippen LogP contribution in [0.3, 0.4) is 0 Å². The van der Waals surface area contributed by atoms with Gasteiger partial charge in [0.25, 0.3) is 10.0 Å². The largest absolute Gasteiger partial charge is 0.479 e. The van der Waals surface area contributed by atoms with Crippen LogP contribution in [0.2, 0.25) is 0 Å². The van der Waals surface area contributed by atoms with Gasteiger partial charge in [-0.1, -0.05) is 48.5 Å². The Morgan fingerprint density at radius 1 is 0.848 bits per heavy atom. The fourth-order valence-electron chi connectivity index (χ4n) is 2.92. The standard InChI is InChI=1S/C24H18N4O4S/c25-14-15-31-20-11-7-8-18(16-20)22-17-23(32-19-9-3-1-4-10-19)27-24(26-22)28-33(29,30)21-12-5-2-6-13-21/h1-13,16-17H,15H2,(H,26,27,28). The summed E-state index contributed by atoms with van der Waals surface area (Å²) in [6.45, 7) is -0.0995. The zero-order valence-electron chi connectivity index (χ0n) is 17.3. The van der Waals surface area contributed by atoms with Crippen LogP contribution in [0.5, 0.6) is 17.4 Å². The number of nitrogens with zero attached hydrogens (tertiary/aromatic N) is 3. The number of aromatic nitrogens is 2. The first kappa shape index (κ1) is 21.8. The van der Waals surface area contributed by atoms with E-state index in [0.29, 0.717) is 22.8 Å². The van der Waals surface area contributed by atoms with Crippen LogP contribution in [0.25, 0.3) is 11.3 Å². The Hall–Kier alpha value is -4.42. The summed E-state index contributed by atoms with van der Waals surface area (Å²) in [5, 5.41) is 8.75. The number of nitrogens with one attached hydrogen (secondary N) is 1. The maximum Gasteiger partial charge on any atom is 0.264 e. The van der Waals surface area contributed by atoms with Gasteiger partial charge in [0.15, 0.2) is 6.61 Å². The molecule has 1 heterocycles. The Labute approximate surface area is 191 Å². The normalized spacial score (nSPS) is 10.8. The first-order valence-electron chi connectivity index (χ1n) is 9.83. The summed E-state index contributed by atoms with van der Waals surface area (Å²) in [6, 6.07) is 27.4. The van der Waals surface area contributed by atoms with Crippen LogP contribution in [0.1, 0.15) is 0 Å². The first-order chi connectivity index (χ1) is 16.0. The van der Waals surface area contributed by atoms with Crippen molar-refractivity contribution in [3.05, 3.63) is 91.0 Å². The van der Waals surface area contributed by atoms with Gasteiger partial charge in [0.05, 0.1) is 10.6 Å². The van der Waals surface area contributed by atoms with E-state index in [0.717, 1.165) is 0 Å². The number of hydrogen-bond donors (Lipinski definition) is 1. The number of nitriles is 1. The molecule has 9 heteroatoms. The summed E-state index contributed by atoms with van der Waals surface area (Å²) in [4.78, 5) is 8.69. The topological polar surface area (TPSA) is 114 Å². The molecule has 8 nitrogen and oxygen atoms in total. The average Bonchev–Trinajstić information content (AvgIpc) is 2.84. The van der Waals surface area contributed by atoms with Crippen molar-refractivity contribution in [1.29, 1.82) is 5.26 Å². The molecule has 1 N–H and O–H groups in total.